The molecule has 0 heterocycles. The number of hydrogen-bond acceptors (Lipinski definition) is 4. The summed E-state index contributed by atoms with van der Waals surface area (Å²) in [5, 5.41) is 25.0. The molecule has 0 aliphatic carbocycles. The summed E-state index contributed by atoms with van der Waals surface area (Å²) in [6.07, 6.45) is 0. The molecule has 0 saturated heterocycles. The topological polar surface area (TPSA) is 86.7 Å². The third-order valence-electron chi connectivity index (χ3n) is 0.945. The highest BCUT2D eigenvalue weighted by molar-refractivity contribution is 4.80. The average Bonchev–Trinajstić information content (AvgIpc) is 1.87. The van der Waals surface area contributed by atoms with Crippen LogP contribution in [0, 0.1) is 0 Å². The van der Waals surface area contributed by atoms with Gasteiger partial charge in [-0.05, 0) is 0 Å². The quantitative estimate of drug-likeness (QED) is 0.317. The summed E-state index contributed by atoms with van der Waals surface area (Å²) < 4.78 is 0. The molecule has 4 heteroatoms. The van der Waals surface area contributed by atoms with Gasteiger partial charge in [0.15, 0.2) is 0 Å². The van der Waals surface area contributed by atoms with Crippen LogP contribution in [0.5, 0.6) is 0 Å². The highest BCUT2D eigenvalue weighted by Gasteiger charge is 2.20. The van der Waals surface area contributed by atoms with E-state index in [0.29, 0.717) is 0 Å². The first-order valence-corrected chi connectivity index (χ1v) is 2.30. The van der Waals surface area contributed by atoms with Gasteiger partial charge in [0.25, 0.3) is 0 Å². The van der Waals surface area contributed by atoms with Crippen molar-refractivity contribution < 1.29 is 15.3 Å². The van der Waals surface area contributed by atoms with E-state index in [0.717, 1.165) is 0 Å². The van der Waals surface area contributed by atoms with E-state index in [1.165, 1.54) is 0 Å². The van der Waals surface area contributed by atoms with Crippen LogP contribution >= 0.6 is 0 Å². The lowest BCUT2D eigenvalue weighted by Gasteiger charge is -2.20. The van der Waals surface area contributed by atoms with Crippen LogP contribution in [0.25, 0.3) is 0 Å². The Morgan fingerprint density at radius 3 is 1.25 bits per heavy atom. The van der Waals surface area contributed by atoms with Crippen LogP contribution < -0.4 is 5.73 Å². The van der Waals surface area contributed by atoms with Crippen LogP contribution in [0.2, 0.25) is 0 Å². The van der Waals surface area contributed by atoms with Crippen molar-refractivity contribution in [1.29, 1.82) is 0 Å². The van der Waals surface area contributed by atoms with E-state index in [1.807, 2.05) is 0 Å². The molecule has 50 valence electrons. The smallest absolute Gasteiger partial charge is 0.0856 e. The Balaban J connectivity index is 3.58. The molecule has 5 N–H and O–H groups in total. The van der Waals surface area contributed by atoms with Gasteiger partial charge in [0.1, 0.15) is 0 Å². The van der Waals surface area contributed by atoms with E-state index in [-0.39, 0.29) is 0 Å². The molecular weight excluding hydrogens is 113 g/mol. The Morgan fingerprint density at radius 1 is 1.00 bits per heavy atom. The molecule has 0 rings (SSSR count). The predicted octanol–water partition coefficient (Wildman–Crippen LogP) is -2.34. The molecule has 0 aliphatic heterocycles. The zero-order valence-corrected chi connectivity index (χ0v) is 4.54. The van der Waals surface area contributed by atoms with Gasteiger partial charge >= 0.3 is 0 Å². The van der Waals surface area contributed by atoms with Gasteiger partial charge in [-0.25, -0.2) is 0 Å². The molecule has 0 unspecified atom stereocenters. The van der Waals surface area contributed by atoms with Gasteiger partial charge in [-0.1, -0.05) is 0 Å². The van der Waals surface area contributed by atoms with Crippen molar-refractivity contribution in [2.75, 3.05) is 19.8 Å². The summed E-state index contributed by atoms with van der Waals surface area (Å²) in [5.74, 6) is 0. The van der Waals surface area contributed by atoms with Crippen LogP contribution in [0.3, 0.4) is 0 Å². The SMILES string of the molecule is NC([13CH2]O)([13CH2]O)[13CH2]O. The third kappa shape index (κ3) is 1.75. The Bertz CT molecular complexity index is 54.0. The summed E-state index contributed by atoms with van der Waals surface area (Å²) in [6.45, 7) is -1.21. The minimum absolute atomic E-state index is 0.403. The maximum Gasteiger partial charge on any atom is 0.0856 e. The van der Waals surface area contributed by atoms with E-state index in [9.17, 15) is 0 Å². The lowest BCUT2D eigenvalue weighted by Crippen LogP contribution is -2.50. The molecule has 4 nitrogen and oxygen atoms in total. The van der Waals surface area contributed by atoms with E-state index < -0.39 is 25.4 Å². The average molecular weight is 124 g/mol. The lowest BCUT2D eigenvalue weighted by atomic mass is 10.5. The van der Waals surface area contributed by atoms with Crippen molar-refractivity contribution in [3.8, 4) is 0 Å². The zero-order valence-electron chi connectivity index (χ0n) is 4.54. The maximum atomic E-state index is 8.34. The van der Waals surface area contributed by atoms with Gasteiger partial charge in [-0.3, -0.25) is 0 Å². The van der Waals surface area contributed by atoms with Gasteiger partial charge in [-0.2, -0.15) is 0 Å². The van der Waals surface area contributed by atoms with Gasteiger partial charge in [0.2, 0.25) is 0 Å². The van der Waals surface area contributed by atoms with Crippen molar-refractivity contribution >= 4 is 0 Å². The predicted molar refractivity (Wildman–Crippen MR) is 28.2 cm³/mol. The standard InChI is InChI=1S/C4H11NO3/c5-4(1-6,2-7)3-8/h6-8H,1-3,5H2/i1+1,2+1,3+1. The molecule has 0 aliphatic rings. The van der Waals surface area contributed by atoms with Gasteiger partial charge in [0, 0.05) is 0 Å². The number of rotatable bonds is 3. The first kappa shape index (κ1) is 7.84. The van der Waals surface area contributed by atoms with Crippen LogP contribution in [0.15, 0.2) is 0 Å². The summed E-state index contributed by atoms with van der Waals surface area (Å²) in [4.78, 5) is 0. The number of hydrogen-bond donors (Lipinski definition) is 4. The highest BCUT2D eigenvalue weighted by atomic mass is 16.4. The molecule has 0 amide bonds. The first-order chi connectivity index (χ1) is 3.68. The molecule has 8 heavy (non-hydrogen) atoms. The molecule has 0 saturated carbocycles. The van der Waals surface area contributed by atoms with Crippen LogP contribution in [0.1, 0.15) is 0 Å². The van der Waals surface area contributed by atoms with E-state index in [1.54, 1.807) is 0 Å². The normalized spacial score (nSPS) is 12.0. The zero-order chi connectivity index (χ0) is 6.62. The number of nitrogens with two attached hydrogens (primary N) is 1. The first-order valence-electron chi connectivity index (χ1n) is 2.30. The molecule has 0 bridgehead atoms. The highest BCUT2D eigenvalue weighted by Crippen LogP contribution is 1.93. The Morgan fingerprint density at radius 2 is 1.25 bits per heavy atom. The molecule has 0 aromatic rings. The second-order valence-corrected chi connectivity index (χ2v) is 1.84. The van der Waals surface area contributed by atoms with E-state index in [2.05, 4.69) is 0 Å². The summed E-state index contributed by atoms with van der Waals surface area (Å²) in [5.41, 5.74) is 3.94. The van der Waals surface area contributed by atoms with E-state index >= 15 is 0 Å². The van der Waals surface area contributed by atoms with Crippen molar-refractivity contribution in [2.24, 2.45) is 5.73 Å². The molecule has 0 aromatic heterocycles. The molecule has 0 spiro atoms. The lowest BCUT2D eigenvalue weighted by molar-refractivity contribution is 0.0698. The largest absolute Gasteiger partial charge is 0.394 e. The Labute approximate surface area is 47.6 Å². The molecule has 0 aromatic carbocycles. The molecule has 0 atom stereocenters. The Kier molecular flexibility index (Phi) is 2.93. The van der Waals surface area contributed by atoms with Crippen LogP contribution in [-0.2, 0) is 0 Å². The fraction of sp³-hybridized carbons (Fsp3) is 1.00. The number of aliphatic hydroxyl groups excluding tert-OH is 3. The summed E-state index contributed by atoms with van der Waals surface area (Å²) >= 11 is 0. The van der Waals surface area contributed by atoms with Gasteiger partial charge in [0.05, 0.1) is 25.4 Å². The van der Waals surface area contributed by atoms with Crippen molar-refractivity contribution in [2.45, 2.75) is 5.54 Å². The Hall–Kier alpha value is -0.160. The number of aliphatic hydroxyl groups is 3. The van der Waals surface area contributed by atoms with Crippen LogP contribution in [-0.4, -0.2) is 40.7 Å². The second-order valence-electron chi connectivity index (χ2n) is 1.84. The van der Waals surface area contributed by atoms with Gasteiger partial charge < -0.3 is 21.1 Å². The molecule has 0 fully saturated rings. The second kappa shape index (κ2) is 2.99. The van der Waals surface area contributed by atoms with Crippen molar-refractivity contribution in [3.63, 3.8) is 0 Å². The summed E-state index contributed by atoms with van der Waals surface area (Å²) in [6, 6.07) is 0. The maximum absolute atomic E-state index is 8.34. The van der Waals surface area contributed by atoms with Gasteiger partial charge in [-0.15, -0.1) is 0 Å². The molecule has 0 radical (unpaired) electrons. The summed E-state index contributed by atoms with van der Waals surface area (Å²) in [7, 11) is 0. The van der Waals surface area contributed by atoms with Crippen LogP contribution in [0.4, 0.5) is 0 Å². The molecular formula is C4H11NO3. The van der Waals surface area contributed by atoms with Crippen molar-refractivity contribution in [3.05, 3.63) is 0 Å². The monoisotopic (exact) mass is 124 g/mol. The minimum Gasteiger partial charge on any atom is -0.394 e. The fourth-order valence-corrected chi connectivity index (χ4v) is 0.150. The van der Waals surface area contributed by atoms with Crippen molar-refractivity contribution in [1.82, 2.24) is 0 Å². The third-order valence-corrected chi connectivity index (χ3v) is 0.945. The minimum atomic E-state index is -1.21. The van der Waals surface area contributed by atoms with E-state index in [4.69, 9.17) is 21.1 Å². The fourth-order valence-electron chi connectivity index (χ4n) is 0.150.